The second-order valence-corrected chi connectivity index (χ2v) is 6.32. The van der Waals surface area contributed by atoms with Gasteiger partial charge in [-0.1, -0.05) is 0 Å². The predicted molar refractivity (Wildman–Crippen MR) is 107 cm³/mol. The van der Waals surface area contributed by atoms with Gasteiger partial charge in [-0.05, 0) is 43.3 Å². The van der Waals surface area contributed by atoms with Gasteiger partial charge < -0.3 is 10.1 Å². The van der Waals surface area contributed by atoms with Crippen LogP contribution in [0.1, 0.15) is 13.0 Å². The normalized spacial score (nSPS) is 11.6. The molecule has 1 aromatic heterocycles. The van der Waals surface area contributed by atoms with Crippen molar-refractivity contribution in [3.8, 4) is 17.0 Å². The van der Waals surface area contributed by atoms with Crippen molar-refractivity contribution < 1.29 is 18.8 Å². The summed E-state index contributed by atoms with van der Waals surface area (Å²) in [6.07, 6.45) is 0. The minimum atomic E-state index is -1.04. The van der Waals surface area contributed by atoms with Gasteiger partial charge >= 0.3 is 0 Å². The fourth-order valence-electron chi connectivity index (χ4n) is 2.73. The van der Waals surface area contributed by atoms with E-state index in [1.807, 2.05) is 0 Å². The van der Waals surface area contributed by atoms with Crippen LogP contribution in [-0.2, 0) is 4.79 Å². The highest BCUT2D eigenvalue weighted by molar-refractivity contribution is 5.95. The van der Waals surface area contributed by atoms with E-state index >= 15 is 0 Å². The molecule has 0 spiro atoms. The van der Waals surface area contributed by atoms with Gasteiger partial charge in [0.05, 0.1) is 23.4 Å². The molecule has 3 aromatic rings. The van der Waals surface area contributed by atoms with Crippen molar-refractivity contribution >= 4 is 17.3 Å². The van der Waals surface area contributed by atoms with E-state index in [0.717, 1.165) is 10.7 Å². The van der Waals surface area contributed by atoms with Crippen LogP contribution in [0.3, 0.4) is 0 Å². The lowest BCUT2D eigenvalue weighted by molar-refractivity contribution is -0.384. The number of aromatic nitrogens is 2. The number of hydrogen-bond donors (Lipinski definition) is 1. The number of rotatable bonds is 6. The maximum Gasteiger partial charge on any atom is 0.271 e. The third-order valence-corrected chi connectivity index (χ3v) is 4.36. The second-order valence-electron chi connectivity index (χ2n) is 6.32. The molecule has 3 rings (SSSR count). The third kappa shape index (κ3) is 4.32. The van der Waals surface area contributed by atoms with E-state index in [4.69, 9.17) is 4.74 Å². The summed E-state index contributed by atoms with van der Waals surface area (Å²) < 4.78 is 19.3. The van der Waals surface area contributed by atoms with Crippen LogP contribution in [0, 0.1) is 15.9 Å². The molecule has 0 aliphatic carbocycles. The number of amides is 1. The van der Waals surface area contributed by atoms with Crippen LogP contribution in [0.25, 0.3) is 11.3 Å². The molecule has 1 amide bonds. The lowest BCUT2D eigenvalue weighted by Gasteiger charge is -2.16. The van der Waals surface area contributed by atoms with Crippen molar-refractivity contribution in [2.24, 2.45) is 0 Å². The molecule has 30 heavy (non-hydrogen) atoms. The Bertz CT molecular complexity index is 1160. The molecule has 0 saturated heterocycles. The van der Waals surface area contributed by atoms with Crippen molar-refractivity contribution in [2.75, 3.05) is 12.4 Å². The zero-order valence-electron chi connectivity index (χ0n) is 16.0. The van der Waals surface area contributed by atoms with Gasteiger partial charge in [0.2, 0.25) is 5.91 Å². The van der Waals surface area contributed by atoms with E-state index < -0.39 is 28.2 Å². The number of halogens is 1. The molecular weight excluding hydrogens is 395 g/mol. The molecule has 10 heteroatoms. The summed E-state index contributed by atoms with van der Waals surface area (Å²) in [7, 11) is 1.36. The molecule has 9 nitrogen and oxygen atoms in total. The number of hydrogen-bond acceptors (Lipinski definition) is 6. The summed E-state index contributed by atoms with van der Waals surface area (Å²) in [5.41, 5.74) is 0.286. The molecule has 154 valence electrons. The summed E-state index contributed by atoms with van der Waals surface area (Å²) in [4.78, 5) is 35.4. The smallest absolute Gasteiger partial charge is 0.271 e. The van der Waals surface area contributed by atoms with Gasteiger partial charge in [-0.15, -0.1) is 0 Å². The molecule has 1 unspecified atom stereocenters. The number of benzene rings is 2. The Kier molecular flexibility index (Phi) is 5.86. The van der Waals surface area contributed by atoms with Crippen LogP contribution in [0.4, 0.5) is 15.8 Å². The van der Waals surface area contributed by atoms with Crippen molar-refractivity contribution in [2.45, 2.75) is 13.0 Å². The number of ether oxygens (including phenoxy) is 1. The molecule has 2 aromatic carbocycles. The molecular formula is C20H17FN4O5. The quantitative estimate of drug-likeness (QED) is 0.491. The van der Waals surface area contributed by atoms with E-state index in [-0.39, 0.29) is 17.1 Å². The van der Waals surface area contributed by atoms with Crippen molar-refractivity contribution in [3.63, 3.8) is 0 Å². The fourth-order valence-corrected chi connectivity index (χ4v) is 2.73. The van der Waals surface area contributed by atoms with E-state index in [1.54, 1.807) is 0 Å². The monoisotopic (exact) mass is 412 g/mol. The molecule has 1 atom stereocenters. The fraction of sp³-hybridized carbons (Fsp3) is 0.150. The average molecular weight is 412 g/mol. The van der Waals surface area contributed by atoms with Crippen LogP contribution in [-0.4, -0.2) is 27.7 Å². The van der Waals surface area contributed by atoms with Crippen molar-refractivity contribution in [1.82, 2.24) is 9.78 Å². The van der Waals surface area contributed by atoms with Crippen molar-refractivity contribution in [1.29, 1.82) is 0 Å². The highest BCUT2D eigenvalue weighted by Crippen LogP contribution is 2.29. The van der Waals surface area contributed by atoms with E-state index in [0.29, 0.717) is 11.3 Å². The van der Waals surface area contributed by atoms with Crippen LogP contribution in [0.5, 0.6) is 5.75 Å². The minimum absolute atomic E-state index is 0.0892. The zero-order chi connectivity index (χ0) is 21.8. The van der Waals surface area contributed by atoms with Gasteiger partial charge in [-0.25, -0.2) is 9.07 Å². The topological polar surface area (TPSA) is 116 Å². The van der Waals surface area contributed by atoms with Gasteiger partial charge in [-0.3, -0.25) is 19.7 Å². The van der Waals surface area contributed by atoms with Gasteiger partial charge in [-0.2, -0.15) is 5.10 Å². The Labute approximate surface area is 169 Å². The summed E-state index contributed by atoms with van der Waals surface area (Å²) in [5, 5.41) is 17.7. The van der Waals surface area contributed by atoms with Gasteiger partial charge in [0.15, 0.2) is 0 Å². The number of methoxy groups -OCH3 is 1. The Morgan fingerprint density at radius 3 is 2.53 bits per heavy atom. The van der Waals surface area contributed by atoms with Crippen LogP contribution in [0.15, 0.2) is 59.4 Å². The van der Waals surface area contributed by atoms with Crippen LogP contribution >= 0.6 is 0 Å². The highest BCUT2D eigenvalue weighted by Gasteiger charge is 2.21. The average Bonchev–Trinajstić information content (AvgIpc) is 2.74. The molecule has 0 bridgehead atoms. The number of nitrogens with zero attached hydrogens (tertiary/aromatic N) is 3. The summed E-state index contributed by atoms with van der Waals surface area (Å²) in [6, 6.07) is 11.0. The van der Waals surface area contributed by atoms with E-state index in [2.05, 4.69) is 10.4 Å². The first-order chi connectivity index (χ1) is 14.3. The van der Waals surface area contributed by atoms with Gasteiger partial charge in [0.25, 0.3) is 11.2 Å². The van der Waals surface area contributed by atoms with E-state index in [1.165, 1.54) is 62.6 Å². The van der Waals surface area contributed by atoms with Crippen LogP contribution < -0.4 is 15.6 Å². The number of nitrogens with one attached hydrogen (secondary N) is 1. The van der Waals surface area contributed by atoms with E-state index in [9.17, 15) is 24.1 Å². The minimum Gasteiger partial charge on any atom is -0.495 e. The number of nitro groups is 1. The SMILES string of the molecule is COc1ccc([N+](=O)[O-])cc1NC(=O)C(C)n1nc(-c2ccc(F)cc2)ccc1=O. The molecule has 0 radical (unpaired) electrons. The number of carbonyl (C=O) groups excluding carboxylic acids is 1. The maximum absolute atomic E-state index is 13.1. The lowest BCUT2D eigenvalue weighted by atomic mass is 10.1. The molecule has 1 N–H and O–H groups in total. The van der Waals surface area contributed by atoms with Gasteiger partial charge in [0.1, 0.15) is 17.6 Å². The number of carbonyl (C=O) groups is 1. The molecule has 0 saturated carbocycles. The summed E-state index contributed by atoms with van der Waals surface area (Å²) >= 11 is 0. The summed E-state index contributed by atoms with van der Waals surface area (Å²) in [6.45, 7) is 1.46. The first-order valence-electron chi connectivity index (χ1n) is 8.79. The number of nitro benzene ring substituents is 1. The Hall–Kier alpha value is -4.08. The Balaban J connectivity index is 1.90. The van der Waals surface area contributed by atoms with Crippen LogP contribution in [0.2, 0.25) is 0 Å². The highest BCUT2D eigenvalue weighted by atomic mass is 19.1. The standard InChI is InChI=1S/C20H17FN4O5/c1-12(20(27)22-17-11-15(25(28)29)7-9-18(17)30-2)24-19(26)10-8-16(23-24)13-3-5-14(21)6-4-13/h3-12H,1-2H3,(H,22,27). The number of anilines is 1. The molecule has 1 heterocycles. The molecule has 0 fully saturated rings. The van der Waals surface area contributed by atoms with Crippen molar-refractivity contribution in [3.05, 3.63) is 80.9 Å². The predicted octanol–water partition coefficient (Wildman–Crippen LogP) is 3.17. The summed E-state index contributed by atoms with van der Waals surface area (Å²) in [5.74, 6) is -0.813. The number of non-ortho nitro benzene ring substituents is 1. The Morgan fingerprint density at radius 1 is 1.20 bits per heavy atom. The Morgan fingerprint density at radius 2 is 1.90 bits per heavy atom. The second kappa shape index (κ2) is 8.52. The largest absolute Gasteiger partial charge is 0.495 e. The maximum atomic E-state index is 13.1. The lowest BCUT2D eigenvalue weighted by Crippen LogP contribution is -2.33. The molecule has 0 aliphatic heterocycles. The third-order valence-electron chi connectivity index (χ3n) is 4.36. The first kappa shape index (κ1) is 20.6. The zero-order valence-corrected chi connectivity index (χ0v) is 16.0. The first-order valence-corrected chi connectivity index (χ1v) is 8.79. The molecule has 0 aliphatic rings. The van der Waals surface area contributed by atoms with Gasteiger partial charge in [0, 0.05) is 23.8 Å².